The van der Waals surface area contributed by atoms with Gasteiger partial charge in [0.05, 0.1) is 12.7 Å². The second kappa shape index (κ2) is 8.91. The first-order chi connectivity index (χ1) is 8.19. The molecule has 0 radical (unpaired) electrons. The van der Waals surface area contributed by atoms with E-state index in [0.29, 0.717) is 12.1 Å². The van der Waals surface area contributed by atoms with Crippen molar-refractivity contribution >= 4 is 18.4 Å². The largest absolute Gasteiger partial charge is 0.465 e. The van der Waals surface area contributed by atoms with Gasteiger partial charge >= 0.3 is 5.97 Å². The molecule has 0 aliphatic carbocycles. The molecule has 0 aliphatic rings. The first kappa shape index (κ1) is 16.9. The van der Waals surface area contributed by atoms with E-state index in [4.69, 9.17) is 11.5 Å². The Labute approximate surface area is 114 Å². The van der Waals surface area contributed by atoms with Gasteiger partial charge in [-0.05, 0) is 37.1 Å². The smallest absolute Gasteiger partial charge is 0.337 e. The molecular weight excluding hydrogens is 252 g/mol. The van der Waals surface area contributed by atoms with Crippen molar-refractivity contribution < 1.29 is 9.53 Å². The third kappa shape index (κ3) is 5.04. The summed E-state index contributed by atoms with van der Waals surface area (Å²) in [7, 11) is 1.37. The summed E-state index contributed by atoms with van der Waals surface area (Å²) in [5.41, 5.74) is 13.1. The zero-order valence-corrected chi connectivity index (χ0v) is 11.4. The van der Waals surface area contributed by atoms with Crippen molar-refractivity contribution in [2.45, 2.75) is 25.3 Å². The zero-order chi connectivity index (χ0) is 12.7. The highest BCUT2D eigenvalue weighted by molar-refractivity contribution is 5.89. The summed E-state index contributed by atoms with van der Waals surface area (Å²) in [6, 6.07) is 7.24. The Morgan fingerprint density at radius 1 is 1.28 bits per heavy atom. The highest BCUT2D eigenvalue weighted by atomic mass is 35.5. The van der Waals surface area contributed by atoms with E-state index in [2.05, 4.69) is 4.74 Å². The quantitative estimate of drug-likeness (QED) is 0.613. The molecule has 1 atom stereocenters. The summed E-state index contributed by atoms with van der Waals surface area (Å²) in [5.74, 6) is -0.326. The van der Waals surface area contributed by atoms with Crippen LogP contribution in [0.5, 0.6) is 0 Å². The third-order valence-corrected chi connectivity index (χ3v) is 2.73. The number of nitrogens with two attached hydrogens (primary N) is 2. The number of methoxy groups -OCH3 is 1. The van der Waals surface area contributed by atoms with Gasteiger partial charge in [0.15, 0.2) is 0 Å². The fraction of sp³-hybridized carbons (Fsp3) is 0.462. The number of rotatable bonds is 6. The van der Waals surface area contributed by atoms with Gasteiger partial charge in [0.25, 0.3) is 0 Å². The molecule has 0 aromatic heterocycles. The summed E-state index contributed by atoms with van der Waals surface area (Å²) in [6.07, 6.45) is 2.93. The number of hydrogen-bond donors (Lipinski definition) is 2. The zero-order valence-electron chi connectivity index (χ0n) is 10.6. The third-order valence-electron chi connectivity index (χ3n) is 2.73. The van der Waals surface area contributed by atoms with Gasteiger partial charge in [-0.1, -0.05) is 18.6 Å². The predicted molar refractivity (Wildman–Crippen MR) is 74.9 cm³/mol. The number of hydrogen-bond acceptors (Lipinski definition) is 4. The van der Waals surface area contributed by atoms with Gasteiger partial charge in [0.2, 0.25) is 0 Å². The van der Waals surface area contributed by atoms with Crippen LogP contribution < -0.4 is 11.5 Å². The molecule has 0 fully saturated rings. The van der Waals surface area contributed by atoms with E-state index in [1.165, 1.54) is 7.11 Å². The minimum atomic E-state index is -0.326. The lowest BCUT2D eigenvalue weighted by Crippen LogP contribution is -2.11. The van der Waals surface area contributed by atoms with Crippen LogP contribution in [0.15, 0.2) is 24.3 Å². The highest BCUT2D eigenvalue weighted by Gasteiger charge is 2.08. The molecule has 18 heavy (non-hydrogen) atoms. The van der Waals surface area contributed by atoms with Crippen LogP contribution in [0.25, 0.3) is 0 Å². The molecule has 0 spiro atoms. The van der Waals surface area contributed by atoms with Gasteiger partial charge in [-0.25, -0.2) is 4.79 Å². The highest BCUT2D eigenvalue weighted by Crippen LogP contribution is 2.17. The molecule has 0 aliphatic heterocycles. The fourth-order valence-corrected chi connectivity index (χ4v) is 1.66. The van der Waals surface area contributed by atoms with Crippen LogP contribution in [0.2, 0.25) is 0 Å². The Hall–Kier alpha value is -1.10. The van der Waals surface area contributed by atoms with Crippen LogP contribution in [0.4, 0.5) is 0 Å². The number of benzene rings is 1. The molecule has 5 heteroatoms. The molecule has 0 saturated carbocycles. The summed E-state index contributed by atoms with van der Waals surface area (Å²) in [4.78, 5) is 11.2. The second-order valence-electron chi connectivity index (χ2n) is 4.00. The summed E-state index contributed by atoms with van der Waals surface area (Å²) < 4.78 is 4.63. The van der Waals surface area contributed by atoms with Gasteiger partial charge < -0.3 is 16.2 Å². The van der Waals surface area contributed by atoms with Crippen molar-refractivity contribution in [2.75, 3.05) is 13.7 Å². The molecule has 0 heterocycles. The molecule has 1 aromatic carbocycles. The van der Waals surface area contributed by atoms with E-state index in [0.717, 1.165) is 24.8 Å². The van der Waals surface area contributed by atoms with Gasteiger partial charge in [0, 0.05) is 6.04 Å². The minimum absolute atomic E-state index is 0. The van der Waals surface area contributed by atoms with Crippen LogP contribution in [0.1, 0.15) is 41.2 Å². The van der Waals surface area contributed by atoms with Crippen molar-refractivity contribution in [3.05, 3.63) is 35.4 Å². The van der Waals surface area contributed by atoms with E-state index < -0.39 is 0 Å². The molecule has 4 N–H and O–H groups in total. The van der Waals surface area contributed by atoms with Crippen molar-refractivity contribution in [1.82, 2.24) is 0 Å². The molecule has 0 unspecified atom stereocenters. The van der Waals surface area contributed by atoms with E-state index in [-0.39, 0.29) is 24.4 Å². The van der Waals surface area contributed by atoms with Gasteiger partial charge in [-0.3, -0.25) is 0 Å². The van der Waals surface area contributed by atoms with Crippen molar-refractivity contribution in [3.8, 4) is 0 Å². The summed E-state index contributed by atoms with van der Waals surface area (Å²) in [5, 5.41) is 0. The lowest BCUT2D eigenvalue weighted by atomic mass is 10.0. The molecule has 0 saturated heterocycles. The molecule has 1 rings (SSSR count). The van der Waals surface area contributed by atoms with Crippen LogP contribution in [-0.2, 0) is 4.74 Å². The van der Waals surface area contributed by atoms with Crippen molar-refractivity contribution in [1.29, 1.82) is 0 Å². The predicted octanol–water partition coefficient (Wildman–Crippen LogP) is 2.02. The monoisotopic (exact) mass is 272 g/mol. The first-order valence-electron chi connectivity index (χ1n) is 5.83. The average molecular weight is 273 g/mol. The topological polar surface area (TPSA) is 78.3 Å². The summed E-state index contributed by atoms with van der Waals surface area (Å²) in [6.45, 7) is 0.702. The average Bonchev–Trinajstić information content (AvgIpc) is 2.38. The SMILES string of the molecule is COC(=O)c1ccc([C@@H](N)CCCCN)cc1.Cl. The van der Waals surface area contributed by atoms with Crippen molar-refractivity contribution in [2.24, 2.45) is 11.5 Å². The van der Waals surface area contributed by atoms with Gasteiger partial charge in [0.1, 0.15) is 0 Å². The maximum atomic E-state index is 11.2. The van der Waals surface area contributed by atoms with Crippen LogP contribution in [0.3, 0.4) is 0 Å². The molecule has 0 amide bonds. The molecule has 0 bridgehead atoms. The maximum absolute atomic E-state index is 11.2. The van der Waals surface area contributed by atoms with Gasteiger partial charge in [-0.2, -0.15) is 0 Å². The lowest BCUT2D eigenvalue weighted by molar-refractivity contribution is 0.0600. The Balaban J connectivity index is 0.00000289. The molecule has 102 valence electrons. The number of carbonyl (C=O) groups excluding carboxylic acids is 1. The minimum Gasteiger partial charge on any atom is -0.465 e. The van der Waals surface area contributed by atoms with E-state index in [1.807, 2.05) is 12.1 Å². The van der Waals surface area contributed by atoms with Gasteiger partial charge in [-0.15, -0.1) is 12.4 Å². The first-order valence-corrected chi connectivity index (χ1v) is 5.83. The van der Waals surface area contributed by atoms with Crippen molar-refractivity contribution in [3.63, 3.8) is 0 Å². The standard InChI is InChI=1S/C13H20N2O2.ClH/c1-17-13(16)11-7-5-10(6-8-11)12(15)4-2-3-9-14;/h5-8,12H,2-4,9,14-15H2,1H3;1H/t12-;/m0./s1. The Bertz CT molecular complexity index is 355. The fourth-order valence-electron chi connectivity index (χ4n) is 1.66. The number of halogens is 1. The van der Waals surface area contributed by atoms with Crippen LogP contribution in [-0.4, -0.2) is 19.6 Å². The second-order valence-corrected chi connectivity index (χ2v) is 4.00. The summed E-state index contributed by atoms with van der Waals surface area (Å²) >= 11 is 0. The van der Waals surface area contributed by atoms with E-state index in [1.54, 1.807) is 12.1 Å². The number of ether oxygens (including phenoxy) is 1. The molecular formula is C13H21ClN2O2. The van der Waals surface area contributed by atoms with E-state index in [9.17, 15) is 4.79 Å². The number of unbranched alkanes of at least 4 members (excludes halogenated alkanes) is 1. The lowest BCUT2D eigenvalue weighted by Gasteiger charge is -2.11. The Kier molecular flexibility index (Phi) is 8.37. The van der Waals surface area contributed by atoms with E-state index >= 15 is 0 Å². The Morgan fingerprint density at radius 2 is 1.89 bits per heavy atom. The normalized spacial score (nSPS) is 11.5. The van der Waals surface area contributed by atoms with Crippen LogP contribution in [0, 0.1) is 0 Å². The van der Waals surface area contributed by atoms with Crippen LogP contribution >= 0.6 is 12.4 Å². The molecule has 1 aromatic rings. The Morgan fingerprint density at radius 3 is 2.39 bits per heavy atom. The molecule has 4 nitrogen and oxygen atoms in total. The maximum Gasteiger partial charge on any atom is 0.337 e. The number of carbonyl (C=O) groups is 1. The number of esters is 1.